The van der Waals surface area contributed by atoms with Crippen molar-refractivity contribution in [1.29, 1.82) is 0 Å². The molecule has 0 saturated heterocycles. The Hall–Kier alpha value is -1.35. The van der Waals surface area contributed by atoms with Crippen LogP contribution in [-0.2, 0) is 15.1 Å². The minimum Gasteiger partial charge on any atom is -0.472 e. The molecule has 2 atom stereocenters. The summed E-state index contributed by atoms with van der Waals surface area (Å²) in [6, 6.07) is 7.42. The molecular weight excluding hydrogens is 238 g/mol. The van der Waals surface area contributed by atoms with Crippen LogP contribution in [0.15, 0.2) is 29.3 Å². The van der Waals surface area contributed by atoms with Crippen LogP contribution >= 0.6 is 11.6 Å². The smallest absolute Gasteiger partial charge is 0.205 e. The zero-order chi connectivity index (χ0) is 11.9. The number of carbonyl (C=O) groups excluding carboxylic acids is 1. The summed E-state index contributed by atoms with van der Waals surface area (Å²) < 4.78 is 5.26. The van der Waals surface area contributed by atoms with Gasteiger partial charge in [0, 0.05) is 10.6 Å². The molecule has 1 heterocycles. The average Bonchev–Trinajstić information content (AvgIpc) is 2.30. The average molecular weight is 250 g/mol. The zero-order valence-corrected chi connectivity index (χ0v) is 9.98. The zero-order valence-electron chi connectivity index (χ0n) is 9.23. The van der Waals surface area contributed by atoms with Crippen LogP contribution < -0.4 is 0 Å². The van der Waals surface area contributed by atoms with Crippen LogP contribution in [0.3, 0.4) is 0 Å². The highest BCUT2D eigenvalue weighted by Gasteiger charge is 2.49. The maximum Gasteiger partial charge on any atom is 0.205 e. The Labute approximate surface area is 104 Å². The fraction of sp³-hybridized carbons (Fsp3) is 0.385. The van der Waals surface area contributed by atoms with Crippen LogP contribution in [0.25, 0.3) is 0 Å². The van der Waals surface area contributed by atoms with Gasteiger partial charge in [0.2, 0.25) is 5.78 Å². The fourth-order valence-corrected chi connectivity index (χ4v) is 2.94. The number of hydrogen-bond donors (Lipinski definition) is 0. The lowest BCUT2D eigenvalue weighted by Crippen LogP contribution is -2.49. The summed E-state index contributed by atoms with van der Waals surface area (Å²) in [4.78, 5) is 16.7. The van der Waals surface area contributed by atoms with E-state index in [0.717, 1.165) is 18.4 Å². The second-order valence-corrected chi connectivity index (χ2v) is 4.86. The molecule has 0 spiro atoms. The number of Topliss-reactive ketones (excluding diaryl/α,β-unsaturated/α-hetero) is 1. The fourth-order valence-electron chi connectivity index (χ4n) is 2.65. The summed E-state index contributed by atoms with van der Waals surface area (Å²) >= 11 is 6.20. The molecule has 2 aliphatic rings. The maximum absolute atomic E-state index is 12.4. The van der Waals surface area contributed by atoms with Crippen LogP contribution in [-0.4, -0.2) is 18.3 Å². The summed E-state index contributed by atoms with van der Waals surface area (Å²) in [5, 5.41) is 0.598. The van der Waals surface area contributed by atoms with Crippen molar-refractivity contribution in [2.75, 3.05) is 0 Å². The van der Waals surface area contributed by atoms with E-state index in [1.165, 1.54) is 6.40 Å². The molecule has 2 bridgehead atoms. The van der Waals surface area contributed by atoms with Gasteiger partial charge in [-0.05, 0) is 25.3 Å². The molecule has 1 aromatic rings. The SMILES string of the molecule is O=C1[C@@H]2CCCC1(c1ccccc1Cl)N=CO2. The Morgan fingerprint density at radius 3 is 3.06 bits per heavy atom. The van der Waals surface area contributed by atoms with Gasteiger partial charge >= 0.3 is 0 Å². The van der Waals surface area contributed by atoms with Crippen LogP contribution in [0, 0.1) is 0 Å². The first-order valence-corrected chi connectivity index (χ1v) is 6.10. The number of aliphatic imine (C=N–C) groups is 1. The van der Waals surface area contributed by atoms with E-state index in [4.69, 9.17) is 16.3 Å². The first kappa shape index (κ1) is 10.8. The number of carbonyl (C=O) groups is 1. The largest absolute Gasteiger partial charge is 0.472 e. The maximum atomic E-state index is 12.4. The molecule has 0 amide bonds. The predicted octanol–water partition coefficient (Wildman–Crippen LogP) is 2.72. The minimum absolute atomic E-state index is 0.0411. The van der Waals surface area contributed by atoms with E-state index in [0.29, 0.717) is 11.4 Å². The highest BCUT2D eigenvalue weighted by molar-refractivity contribution is 6.31. The van der Waals surface area contributed by atoms with Crippen molar-refractivity contribution in [2.24, 2.45) is 4.99 Å². The van der Waals surface area contributed by atoms with Gasteiger partial charge in [0.05, 0.1) is 0 Å². The monoisotopic (exact) mass is 249 g/mol. The van der Waals surface area contributed by atoms with E-state index in [-0.39, 0.29) is 11.9 Å². The normalized spacial score (nSPS) is 31.1. The molecule has 0 radical (unpaired) electrons. The third kappa shape index (κ3) is 1.49. The Balaban J connectivity index is 2.17. The number of fused-ring (bicyclic) bond motifs is 2. The first-order chi connectivity index (χ1) is 8.24. The third-order valence-electron chi connectivity index (χ3n) is 3.52. The van der Waals surface area contributed by atoms with E-state index in [2.05, 4.69) is 4.99 Å². The van der Waals surface area contributed by atoms with Crippen LogP contribution in [0.2, 0.25) is 5.02 Å². The van der Waals surface area contributed by atoms with Gasteiger partial charge in [-0.1, -0.05) is 29.8 Å². The highest BCUT2D eigenvalue weighted by Crippen LogP contribution is 2.43. The molecule has 1 fully saturated rings. The second-order valence-electron chi connectivity index (χ2n) is 4.46. The van der Waals surface area contributed by atoms with E-state index < -0.39 is 5.54 Å². The molecule has 1 aliphatic carbocycles. The molecule has 3 rings (SSSR count). The number of benzene rings is 1. The molecule has 1 aliphatic heterocycles. The van der Waals surface area contributed by atoms with Crippen molar-refractivity contribution in [3.8, 4) is 0 Å². The lowest BCUT2D eigenvalue weighted by molar-refractivity contribution is -0.136. The number of ketones is 1. The van der Waals surface area contributed by atoms with E-state index in [1.54, 1.807) is 6.07 Å². The molecule has 4 heteroatoms. The van der Waals surface area contributed by atoms with E-state index >= 15 is 0 Å². The van der Waals surface area contributed by atoms with Gasteiger partial charge in [0.15, 0.2) is 18.0 Å². The second kappa shape index (κ2) is 3.84. The van der Waals surface area contributed by atoms with Gasteiger partial charge in [-0.15, -0.1) is 0 Å². The summed E-state index contributed by atoms with van der Waals surface area (Å²) in [5.74, 6) is 0.0411. The van der Waals surface area contributed by atoms with Crippen LogP contribution in [0.5, 0.6) is 0 Å². The van der Waals surface area contributed by atoms with Gasteiger partial charge in [-0.2, -0.15) is 0 Å². The topological polar surface area (TPSA) is 38.7 Å². The van der Waals surface area contributed by atoms with E-state index in [1.807, 2.05) is 18.2 Å². The summed E-state index contributed by atoms with van der Waals surface area (Å²) in [6.07, 6.45) is 3.48. The van der Waals surface area contributed by atoms with E-state index in [9.17, 15) is 4.79 Å². The molecule has 0 aromatic heterocycles. The first-order valence-electron chi connectivity index (χ1n) is 5.72. The lowest BCUT2D eigenvalue weighted by atomic mass is 9.74. The molecule has 1 aromatic carbocycles. The van der Waals surface area contributed by atoms with Gasteiger partial charge in [-0.25, -0.2) is 4.99 Å². The number of halogens is 1. The van der Waals surface area contributed by atoms with Crippen LogP contribution in [0.1, 0.15) is 24.8 Å². The van der Waals surface area contributed by atoms with Crippen molar-refractivity contribution in [3.05, 3.63) is 34.9 Å². The number of hydrogen-bond acceptors (Lipinski definition) is 3. The third-order valence-corrected chi connectivity index (χ3v) is 3.85. The number of ether oxygens (including phenoxy) is 1. The number of rotatable bonds is 1. The standard InChI is InChI=1S/C13H12ClNO2/c14-10-5-2-1-4-9(10)13-7-3-6-11(12(13)16)17-8-15-13/h1-2,4-5,8,11H,3,6-7H2/t11-,13?/m0/s1. The lowest BCUT2D eigenvalue weighted by Gasteiger charge is -2.39. The van der Waals surface area contributed by atoms with Crippen LogP contribution in [0.4, 0.5) is 0 Å². The summed E-state index contributed by atoms with van der Waals surface area (Å²) in [6.45, 7) is 0. The Morgan fingerprint density at radius 1 is 1.41 bits per heavy atom. The molecule has 1 unspecified atom stereocenters. The van der Waals surface area contributed by atoms with Gasteiger partial charge in [-0.3, -0.25) is 4.79 Å². The molecule has 0 N–H and O–H groups in total. The Bertz CT molecular complexity index is 500. The van der Waals surface area contributed by atoms with Crippen molar-refractivity contribution in [1.82, 2.24) is 0 Å². The highest BCUT2D eigenvalue weighted by atomic mass is 35.5. The van der Waals surface area contributed by atoms with Crippen molar-refractivity contribution in [3.63, 3.8) is 0 Å². The molecule has 17 heavy (non-hydrogen) atoms. The molecule has 88 valence electrons. The van der Waals surface area contributed by atoms with Gasteiger partial charge in [0.25, 0.3) is 0 Å². The van der Waals surface area contributed by atoms with Crippen molar-refractivity contribution < 1.29 is 9.53 Å². The summed E-state index contributed by atoms with van der Waals surface area (Å²) in [5.41, 5.74) is -0.00427. The molecule has 1 saturated carbocycles. The molecule has 3 nitrogen and oxygen atoms in total. The minimum atomic E-state index is -0.806. The van der Waals surface area contributed by atoms with Crippen molar-refractivity contribution >= 4 is 23.8 Å². The number of nitrogens with zero attached hydrogens (tertiary/aromatic N) is 1. The van der Waals surface area contributed by atoms with Gasteiger partial charge in [0.1, 0.15) is 0 Å². The van der Waals surface area contributed by atoms with Crippen molar-refractivity contribution in [2.45, 2.75) is 30.9 Å². The predicted molar refractivity (Wildman–Crippen MR) is 65.4 cm³/mol. The summed E-state index contributed by atoms with van der Waals surface area (Å²) in [7, 11) is 0. The molecular formula is C13H12ClNO2. The Kier molecular flexibility index (Phi) is 2.44. The van der Waals surface area contributed by atoms with Gasteiger partial charge < -0.3 is 4.74 Å². The quantitative estimate of drug-likeness (QED) is 0.768. The Morgan fingerprint density at radius 2 is 2.24 bits per heavy atom.